The molecule has 1 aromatic rings. The van der Waals surface area contributed by atoms with Gasteiger partial charge in [0.1, 0.15) is 5.82 Å². The Hall–Kier alpha value is -1.13. The molecule has 2 aliphatic rings. The zero-order chi connectivity index (χ0) is 12.7. The number of hydrogen-bond acceptors (Lipinski definition) is 4. The van der Waals surface area contributed by atoms with Crippen molar-refractivity contribution in [1.29, 1.82) is 0 Å². The van der Waals surface area contributed by atoms with E-state index in [2.05, 4.69) is 16.0 Å². The molecule has 18 heavy (non-hydrogen) atoms. The van der Waals surface area contributed by atoms with E-state index in [1.807, 2.05) is 19.2 Å². The van der Waals surface area contributed by atoms with Crippen LogP contribution in [0.1, 0.15) is 31.4 Å². The first-order chi connectivity index (χ1) is 8.65. The molecule has 1 saturated carbocycles. The predicted octanol–water partition coefficient (Wildman–Crippen LogP) is 1.31. The Morgan fingerprint density at radius 1 is 1.44 bits per heavy atom. The summed E-state index contributed by atoms with van der Waals surface area (Å²) < 4.78 is 0. The Labute approximate surface area is 108 Å². The second-order valence-electron chi connectivity index (χ2n) is 5.71. The van der Waals surface area contributed by atoms with Crippen molar-refractivity contribution < 1.29 is 5.11 Å². The quantitative estimate of drug-likeness (QED) is 0.827. The van der Waals surface area contributed by atoms with E-state index in [4.69, 9.17) is 5.73 Å². The first-order valence-corrected chi connectivity index (χ1v) is 6.79. The first kappa shape index (κ1) is 11.9. The zero-order valence-corrected chi connectivity index (χ0v) is 10.8. The highest BCUT2D eigenvalue weighted by Gasteiger charge is 2.42. The van der Waals surface area contributed by atoms with Crippen molar-refractivity contribution in [3.05, 3.63) is 23.9 Å². The van der Waals surface area contributed by atoms with Gasteiger partial charge in [-0.1, -0.05) is 0 Å². The third kappa shape index (κ3) is 1.99. The van der Waals surface area contributed by atoms with Crippen molar-refractivity contribution in [2.75, 3.05) is 18.0 Å². The van der Waals surface area contributed by atoms with E-state index < -0.39 is 0 Å². The molecule has 1 aliphatic heterocycles. The Kier molecular flexibility index (Phi) is 2.99. The van der Waals surface area contributed by atoms with Crippen LogP contribution in [0, 0.1) is 11.8 Å². The van der Waals surface area contributed by atoms with Gasteiger partial charge in [0.05, 0.1) is 6.10 Å². The smallest absolute Gasteiger partial charge is 0.128 e. The highest BCUT2D eigenvalue weighted by molar-refractivity contribution is 5.43. The fraction of sp³-hybridized carbons (Fsp3) is 0.643. The molecule has 4 atom stereocenters. The predicted molar refractivity (Wildman–Crippen MR) is 71.3 cm³/mol. The van der Waals surface area contributed by atoms with Gasteiger partial charge in [0.2, 0.25) is 0 Å². The van der Waals surface area contributed by atoms with Gasteiger partial charge in [-0.2, -0.15) is 0 Å². The number of hydrogen-bond donors (Lipinski definition) is 2. The fourth-order valence-corrected chi connectivity index (χ4v) is 3.31. The molecule has 0 aromatic carbocycles. The minimum Gasteiger partial charge on any atom is -0.393 e. The summed E-state index contributed by atoms with van der Waals surface area (Å²) in [6.07, 6.45) is 3.83. The molecule has 3 N–H and O–H groups in total. The Morgan fingerprint density at radius 3 is 3.00 bits per heavy atom. The molecule has 2 fully saturated rings. The molecule has 3 unspecified atom stereocenters. The number of aliphatic hydroxyl groups excluding tert-OH is 1. The largest absolute Gasteiger partial charge is 0.393 e. The number of anilines is 1. The average molecular weight is 247 g/mol. The van der Waals surface area contributed by atoms with E-state index in [0.29, 0.717) is 11.8 Å². The minimum absolute atomic E-state index is 0.0412. The number of rotatable bonds is 2. The number of aliphatic hydroxyl groups is 1. The summed E-state index contributed by atoms with van der Waals surface area (Å²) in [5.74, 6) is 2.08. The molecular formula is C14H21N3O. The van der Waals surface area contributed by atoms with Crippen LogP contribution < -0.4 is 10.6 Å². The summed E-state index contributed by atoms with van der Waals surface area (Å²) >= 11 is 0. The Bertz CT molecular complexity index is 435. The van der Waals surface area contributed by atoms with Gasteiger partial charge in [0, 0.05) is 31.2 Å². The molecule has 4 heteroatoms. The summed E-state index contributed by atoms with van der Waals surface area (Å²) in [4.78, 5) is 6.74. The number of nitrogens with two attached hydrogens (primary N) is 1. The molecule has 1 aliphatic carbocycles. The van der Waals surface area contributed by atoms with E-state index in [1.54, 1.807) is 0 Å². The molecule has 2 heterocycles. The van der Waals surface area contributed by atoms with Crippen molar-refractivity contribution in [3.8, 4) is 0 Å². The number of aromatic nitrogens is 1. The standard InChI is InChI=1S/C14H21N3O/c1-9(15)10-4-5-16-14(6-10)17-7-11-2-3-13(18)12(11)8-17/h4-6,9,11-13,18H,2-3,7-8,15H2,1H3/t9-,11?,12?,13?/m0/s1. The van der Waals surface area contributed by atoms with Crippen LogP contribution in [-0.4, -0.2) is 29.3 Å². The van der Waals surface area contributed by atoms with Gasteiger partial charge >= 0.3 is 0 Å². The van der Waals surface area contributed by atoms with Crippen LogP contribution in [0.2, 0.25) is 0 Å². The van der Waals surface area contributed by atoms with Crippen molar-refractivity contribution in [2.45, 2.75) is 31.9 Å². The fourth-order valence-electron chi connectivity index (χ4n) is 3.31. The monoisotopic (exact) mass is 247 g/mol. The van der Waals surface area contributed by atoms with Gasteiger partial charge in [0.15, 0.2) is 0 Å². The topological polar surface area (TPSA) is 62.4 Å². The third-order valence-corrected chi connectivity index (χ3v) is 4.44. The van der Waals surface area contributed by atoms with Crippen molar-refractivity contribution >= 4 is 5.82 Å². The molecule has 0 radical (unpaired) electrons. The maximum absolute atomic E-state index is 9.94. The van der Waals surface area contributed by atoms with Crippen LogP contribution in [0.5, 0.6) is 0 Å². The molecule has 0 amide bonds. The zero-order valence-electron chi connectivity index (χ0n) is 10.8. The minimum atomic E-state index is -0.114. The summed E-state index contributed by atoms with van der Waals surface area (Å²) in [5, 5.41) is 9.94. The number of fused-ring (bicyclic) bond motifs is 1. The highest BCUT2D eigenvalue weighted by Crippen LogP contribution is 2.39. The number of nitrogens with zero attached hydrogens (tertiary/aromatic N) is 2. The first-order valence-electron chi connectivity index (χ1n) is 6.79. The average Bonchev–Trinajstić information content (AvgIpc) is 2.92. The van der Waals surface area contributed by atoms with Gasteiger partial charge in [0.25, 0.3) is 0 Å². The summed E-state index contributed by atoms with van der Waals surface area (Å²) in [7, 11) is 0. The van der Waals surface area contributed by atoms with Crippen molar-refractivity contribution in [3.63, 3.8) is 0 Å². The van der Waals surface area contributed by atoms with E-state index >= 15 is 0 Å². The van der Waals surface area contributed by atoms with Crippen molar-refractivity contribution in [2.24, 2.45) is 17.6 Å². The van der Waals surface area contributed by atoms with E-state index in [9.17, 15) is 5.11 Å². The second-order valence-corrected chi connectivity index (χ2v) is 5.71. The molecular weight excluding hydrogens is 226 g/mol. The van der Waals surface area contributed by atoms with Crippen LogP contribution in [0.3, 0.4) is 0 Å². The molecule has 1 saturated heterocycles. The normalized spacial score (nSPS) is 32.6. The summed E-state index contributed by atoms with van der Waals surface area (Å²) in [6, 6.07) is 4.09. The van der Waals surface area contributed by atoms with E-state index in [0.717, 1.165) is 37.3 Å². The summed E-state index contributed by atoms with van der Waals surface area (Å²) in [6.45, 7) is 3.94. The lowest BCUT2D eigenvalue weighted by molar-refractivity contribution is 0.133. The van der Waals surface area contributed by atoms with Crippen molar-refractivity contribution in [1.82, 2.24) is 4.98 Å². The Morgan fingerprint density at radius 2 is 2.28 bits per heavy atom. The van der Waals surface area contributed by atoms with Crippen LogP contribution in [0.15, 0.2) is 18.3 Å². The van der Waals surface area contributed by atoms with Crippen LogP contribution >= 0.6 is 0 Å². The third-order valence-electron chi connectivity index (χ3n) is 4.44. The van der Waals surface area contributed by atoms with Gasteiger partial charge in [-0.3, -0.25) is 0 Å². The maximum atomic E-state index is 9.94. The maximum Gasteiger partial charge on any atom is 0.128 e. The van der Waals surface area contributed by atoms with E-state index in [-0.39, 0.29) is 12.1 Å². The lowest BCUT2D eigenvalue weighted by atomic mass is 10.00. The second kappa shape index (κ2) is 4.52. The van der Waals surface area contributed by atoms with E-state index in [1.165, 1.54) is 0 Å². The molecule has 4 nitrogen and oxygen atoms in total. The van der Waals surface area contributed by atoms with Crippen LogP contribution in [0.4, 0.5) is 5.82 Å². The lowest BCUT2D eigenvalue weighted by Crippen LogP contribution is -2.25. The molecule has 3 rings (SSSR count). The van der Waals surface area contributed by atoms with Gasteiger partial charge in [-0.05, 0) is 43.4 Å². The molecule has 0 spiro atoms. The van der Waals surface area contributed by atoms with Gasteiger partial charge in [-0.25, -0.2) is 4.98 Å². The van der Waals surface area contributed by atoms with Crippen LogP contribution in [0.25, 0.3) is 0 Å². The van der Waals surface area contributed by atoms with Crippen LogP contribution in [-0.2, 0) is 0 Å². The van der Waals surface area contributed by atoms with Gasteiger partial charge < -0.3 is 15.7 Å². The van der Waals surface area contributed by atoms with Gasteiger partial charge in [-0.15, -0.1) is 0 Å². The number of pyridine rings is 1. The molecule has 98 valence electrons. The highest BCUT2D eigenvalue weighted by atomic mass is 16.3. The summed E-state index contributed by atoms with van der Waals surface area (Å²) in [5.41, 5.74) is 7.03. The lowest BCUT2D eigenvalue weighted by Gasteiger charge is -2.20. The Balaban J connectivity index is 1.78. The molecule has 0 bridgehead atoms. The SMILES string of the molecule is C[C@H](N)c1ccnc(N2CC3CCC(O)C3C2)c1. The molecule has 1 aromatic heterocycles.